The molecule has 0 radical (unpaired) electrons. The molecule has 0 aromatic heterocycles. The monoisotopic (exact) mass is 354 g/mol. The molecule has 1 saturated heterocycles. The van der Waals surface area contributed by atoms with Crippen molar-refractivity contribution in [2.24, 2.45) is 5.92 Å². The Balaban J connectivity index is 2.16. The first-order chi connectivity index (χ1) is 11.4. The van der Waals surface area contributed by atoms with Crippen molar-refractivity contribution in [2.75, 3.05) is 33.3 Å². The van der Waals surface area contributed by atoms with Crippen LogP contribution >= 0.6 is 0 Å². The van der Waals surface area contributed by atoms with E-state index in [0.717, 1.165) is 6.42 Å². The summed E-state index contributed by atoms with van der Waals surface area (Å²) in [5.41, 5.74) is 0. The normalized spacial score (nSPS) is 19.0. The van der Waals surface area contributed by atoms with Crippen LogP contribution in [0.15, 0.2) is 29.2 Å². The lowest BCUT2D eigenvalue weighted by molar-refractivity contribution is -0.136. The van der Waals surface area contributed by atoms with Crippen molar-refractivity contribution >= 4 is 15.9 Å². The molecule has 1 amide bonds. The predicted molar refractivity (Wildman–Crippen MR) is 92.4 cm³/mol. The Bertz CT molecular complexity index is 654. The van der Waals surface area contributed by atoms with E-state index in [2.05, 4.69) is 0 Å². The van der Waals surface area contributed by atoms with Crippen LogP contribution < -0.4 is 4.74 Å². The Kier molecular flexibility index (Phi) is 6.23. The van der Waals surface area contributed by atoms with Crippen molar-refractivity contribution in [3.8, 4) is 5.75 Å². The summed E-state index contributed by atoms with van der Waals surface area (Å²) in [6.07, 6.45) is 1.44. The van der Waals surface area contributed by atoms with E-state index in [1.807, 2.05) is 13.8 Å². The molecule has 1 aliphatic heterocycles. The lowest BCUT2D eigenvalue weighted by Crippen LogP contribution is -2.46. The Morgan fingerprint density at radius 2 is 1.88 bits per heavy atom. The van der Waals surface area contributed by atoms with Crippen molar-refractivity contribution in [3.63, 3.8) is 0 Å². The maximum atomic E-state index is 12.8. The van der Waals surface area contributed by atoms with E-state index in [1.165, 1.54) is 11.4 Å². The number of nitrogens with zero attached hydrogens (tertiary/aromatic N) is 2. The number of sulfonamides is 1. The van der Waals surface area contributed by atoms with Crippen LogP contribution in [0.5, 0.6) is 5.75 Å². The summed E-state index contributed by atoms with van der Waals surface area (Å²) in [7, 11) is -2.05. The van der Waals surface area contributed by atoms with E-state index in [0.29, 0.717) is 31.8 Å². The fourth-order valence-corrected chi connectivity index (χ4v) is 4.58. The van der Waals surface area contributed by atoms with Crippen molar-refractivity contribution in [3.05, 3.63) is 24.3 Å². The van der Waals surface area contributed by atoms with Crippen LogP contribution in [0.1, 0.15) is 26.7 Å². The second-order valence-electron chi connectivity index (χ2n) is 5.89. The van der Waals surface area contributed by atoms with Gasteiger partial charge in [-0.2, -0.15) is 4.31 Å². The maximum Gasteiger partial charge on any atom is 0.243 e. The molecule has 0 spiro atoms. The molecule has 0 saturated carbocycles. The number of carbonyl (C=O) groups is 1. The largest absolute Gasteiger partial charge is 0.497 e. The molecule has 1 aromatic rings. The van der Waals surface area contributed by atoms with Gasteiger partial charge in [0.1, 0.15) is 5.75 Å². The van der Waals surface area contributed by atoms with Gasteiger partial charge < -0.3 is 9.64 Å². The summed E-state index contributed by atoms with van der Waals surface area (Å²) in [6.45, 7) is 5.89. The molecule has 0 unspecified atom stereocenters. The third kappa shape index (κ3) is 3.89. The number of hydrogen-bond acceptors (Lipinski definition) is 4. The first-order valence-corrected chi connectivity index (χ1v) is 9.81. The minimum atomic E-state index is -3.59. The van der Waals surface area contributed by atoms with Crippen molar-refractivity contribution < 1.29 is 17.9 Å². The molecular formula is C17H26N2O4S. The van der Waals surface area contributed by atoms with Crippen LogP contribution in [-0.4, -0.2) is 56.8 Å². The predicted octanol–water partition coefficient (Wildman–Crippen LogP) is 1.96. The molecule has 1 heterocycles. The number of benzene rings is 1. The zero-order valence-electron chi connectivity index (χ0n) is 14.6. The zero-order chi connectivity index (χ0) is 17.7. The summed E-state index contributed by atoms with van der Waals surface area (Å²) in [5, 5.41) is 0. The lowest BCUT2D eigenvalue weighted by Gasteiger charge is -2.33. The zero-order valence-corrected chi connectivity index (χ0v) is 15.4. The second-order valence-corrected chi connectivity index (χ2v) is 7.83. The molecule has 1 atom stereocenters. The first kappa shape index (κ1) is 18.7. The average Bonchev–Trinajstić information content (AvgIpc) is 2.62. The highest BCUT2D eigenvalue weighted by Gasteiger charge is 2.34. The highest BCUT2D eigenvalue weighted by molar-refractivity contribution is 7.89. The molecule has 24 heavy (non-hydrogen) atoms. The number of amides is 1. The van der Waals surface area contributed by atoms with Gasteiger partial charge in [0.2, 0.25) is 15.9 Å². The van der Waals surface area contributed by atoms with Crippen LogP contribution in [0, 0.1) is 5.92 Å². The quantitative estimate of drug-likeness (QED) is 0.783. The number of piperidine rings is 1. The van der Waals surface area contributed by atoms with Gasteiger partial charge in [-0.25, -0.2) is 8.42 Å². The SMILES string of the molecule is CCN(CC)C(=O)[C@H]1CCCN(S(=O)(=O)c2ccc(OC)cc2)C1. The van der Waals surface area contributed by atoms with Gasteiger partial charge in [0.05, 0.1) is 17.9 Å². The van der Waals surface area contributed by atoms with Crippen molar-refractivity contribution in [1.82, 2.24) is 9.21 Å². The fourth-order valence-electron chi connectivity index (χ4n) is 3.05. The fraction of sp³-hybridized carbons (Fsp3) is 0.588. The summed E-state index contributed by atoms with van der Waals surface area (Å²) in [6, 6.07) is 6.36. The molecule has 1 aromatic carbocycles. The molecular weight excluding hydrogens is 328 g/mol. The van der Waals surface area contributed by atoms with Crippen LogP contribution in [0.2, 0.25) is 0 Å². The van der Waals surface area contributed by atoms with Gasteiger partial charge in [-0.15, -0.1) is 0 Å². The van der Waals surface area contributed by atoms with Gasteiger partial charge in [0.25, 0.3) is 0 Å². The van der Waals surface area contributed by atoms with Crippen LogP contribution in [0.25, 0.3) is 0 Å². The molecule has 1 fully saturated rings. The van der Waals surface area contributed by atoms with Crippen molar-refractivity contribution in [1.29, 1.82) is 0 Å². The third-order valence-electron chi connectivity index (χ3n) is 4.51. The molecule has 7 heteroatoms. The first-order valence-electron chi connectivity index (χ1n) is 8.37. The molecule has 134 valence electrons. The minimum absolute atomic E-state index is 0.0506. The van der Waals surface area contributed by atoms with Gasteiger partial charge in [0.15, 0.2) is 0 Å². The Morgan fingerprint density at radius 3 is 2.42 bits per heavy atom. The number of methoxy groups -OCH3 is 1. The Labute approximate surface area is 144 Å². The van der Waals surface area contributed by atoms with E-state index in [9.17, 15) is 13.2 Å². The van der Waals surface area contributed by atoms with Gasteiger partial charge >= 0.3 is 0 Å². The highest BCUT2D eigenvalue weighted by Crippen LogP contribution is 2.26. The van der Waals surface area contributed by atoms with Gasteiger partial charge in [-0.1, -0.05) is 0 Å². The molecule has 0 bridgehead atoms. The lowest BCUT2D eigenvalue weighted by atomic mass is 9.98. The standard InChI is InChI=1S/C17H26N2O4S/c1-4-18(5-2)17(20)14-7-6-12-19(13-14)24(21,22)16-10-8-15(23-3)9-11-16/h8-11,14H,4-7,12-13H2,1-3H3/t14-/m0/s1. The average molecular weight is 354 g/mol. The van der Waals surface area contributed by atoms with Gasteiger partial charge in [-0.3, -0.25) is 4.79 Å². The minimum Gasteiger partial charge on any atom is -0.497 e. The smallest absolute Gasteiger partial charge is 0.243 e. The highest BCUT2D eigenvalue weighted by atomic mass is 32.2. The summed E-state index contributed by atoms with van der Waals surface area (Å²) >= 11 is 0. The third-order valence-corrected chi connectivity index (χ3v) is 6.39. The van der Waals surface area contributed by atoms with Crippen molar-refractivity contribution in [2.45, 2.75) is 31.6 Å². The summed E-state index contributed by atoms with van der Waals surface area (Å²) in [4.78, 5) is 14.5. The molecule has 2 rings (SSSR count). The Hall–Kier alpha value is -1.60. The van der Waals surface area contributed by atoms with E-state index in [1.54, 1.807) is 29.2 Å². The maximum absolute atomic E-state index is 12.8. The van der Waals surface area contributed by atoms with Crippen LogP contribution in [0.4, 0.5) is 0 Å². The number of ether oxygens (including phenoxy) is 1. The van der Waals surface area contributed by atoms with E-state index in [-0.39, 0.29) is 23.3 Å². The number of hydrogen-bond donors (Lipinski definition) is 0. The second kappa shape index (κ2) is 7.98. The van der Waals surface area contributed by atoms with E-state index in [4.69, 9.17) is 4.74 Å². The Morgan fingerprint density at radius 1 is 1.25 bits per heavy atom. The summed E-state index contributed by atoms with van der Waals surface area (Å²) in [5.74, 6) is 0.406. The van der Waals surface area contributed by atoms with Crippen LogP contribution in [-0.2, 0) is 14.8 Å². The molecule has 0 aliphatic carbocycles. The van der Waals surface area contributed by atoms with Gasteiger partial charge in [-0.05, 0) is 51.0 Å². The van der Waals surface area contributed by atoms with E-state index >= 15 is 0 Å². The molecule has 0 N–H and O–H groups in total. The van der Waals surface area contributed by atoms with Gasteiger partial charge in [0, 0.05) is 26.2 Å². The summed E-state index contributed by atoms with van der Waals surface area (Å²) < 4.78 is 32.2. The van der Waals surface area contributed by atoms with E-state index < -0.39 is 10.0 Å². The number of rotatable bonds is 6. The number of carbonyl (C=O) groups excluding carboxylic acids is 1. The molecule has 6 nitrogen and oxygen atoms in total. The topological polar surface area (TPSA) is 66.9 Å². The van der Waals surface area contributed by atoms with Crippen LogP contribution in [0.3, 0.4) is 0 Å². The molecule has 1 aliphatic rings.